The van der Waals surface area contributed by atoms with Crippen molar-refractivity contribution in [2.75, 3.05) is 19.0 Å². The summed E-state index contributed by atoms with van der Waals surface area (Å²) in [6.07, 6.45) is 2.21. The number of aliphatic hydroxyl groups is 1. The highest BCUT2D eigenvalue weighted by Crippen LogP contribution is 2.33. The monoisotopic (exact) mass is 309 g/mol. The quantitative estimate of drug-likeness (QED) is 0.499. The normalized spacial score (nSPS) is 11.0. The van der Waals surface area contributed by atoms with Gasteiger partial charge in [0.05, 0.1) is 23.3 Å². The molecule has 0 bridgehead atoms. The van der Waals surface area contributed by atoms with Gasteiger partial charge in [-0.25, -0.2) is 9.78 Å². The number of carbonyl (C=O) groups is 1. The van der Waals surface area contributed by atoms with E-state index >= 15 is 0 Å². The second kappa shape index (κ2) is 6.91. The summed E-state index contributed by atoms with van der Waals surface area (Å²) in [5.74, 6) is 0.345. The number of pyridine rings is 1. The highest BCUT2D eigenvalue weighted by molar-refractivity contribution is 7.99. The number of aryl methyl sites for hydroxylation is 2. The van der Waals surface area contributed by atoms with Gasteiger partial charge in [-0.2, -0.15) is 5.10 Å². The summed E-state index contributed by atoms with van der Waals surface area (Å²) in [5, 5.41) is 14.2. The maximum absolute atomic E-state index is 12.1. The third-order valence-electron chi connectivity index (χ3n) is 3.02. The zero-order valence-electron chi connectivity index (χ0n) is 12.4. The van der Waals surface area contributed by atoms with Gasteiger partial charge >= 0.3 is 5.97 Å². The number of esters is 1. The molecule has 0 unspecified atom stereocenters. The summed E-state index contributed by atoms with van der Waals surface area (Å²) in [6.45, 7) is 4.12. The summed E-state index contributed by atoms with van der Waals surface area (Å²) in [7, 11) is 1.83. The molecule has 0 aliphatic rings. The van der Waals surface area contributed by atoms with E-state index in [0.29, 0.717) is 18.6 Å². The van der Waals surface area contributed by atoms with Crippen molar-refractivity contribution in [2.24, 2.45) is 7.05 Å². The first-order chi connectivity index (χ1) is 10.1. The molecular weight excluding hydrogens is 290 g/mol. The topological polar surface area (TPSA) is 77.2 Å². The van der Waals surface area contributed by atoms with Gasteiger partial charge in [0.1, 0.15) is 0 Å². The number of nitrogens with zero attached hydrogens (tertiary/aromatic N) is 3. The fourth-order valence-corrected chi connectivity index (χ4v) is 3.27. The molecule has 0 radical (unpaired) electrons. The van der Waals surface area contributed by atoms with Gasteiger partial charge in [-0.3, -0.25) is 4.68 Å². The maximum Gasteiger partial charge on any atom is 0.340 e. The Kier molecular flexibility index (Phi) is 5.19. The first kappa shape index (κ1) is 15.8. The Morgan fingerprint density at radius 1 is 1.52 bits per heavy atom. The summed E-state index contributed by atoms with van der Waals surface area (Å²) in [4.78, 5) is 17.3. The third-order valence-corrected chi connectivity index (χ3v) is 4.23. The minimum atomic E-state index is -0.373. The molecule has 1 N–H and O–H groups in total. The van der Waals surface area contributed by atoms with Crippen LogP contribution in [0.25, 0.3) is 11.0 Å². The Balaban J connectivity index is 2.54. The van der Waals surface area contributed by atoms with E-state index in [2.05, 4.69) is 10.1 Å². The van der Waals surface area contributed by atoms with E-state index in [1.807, 2.05) is 14.0 Å². The predicted octanol–water partition coefficient (Wildman–Crippen LogP) is 1.93. The molecule has 6 nitrogen and oxygen atoms in total. The van der Waals surface area contributed by atoms with Crippen LogP contribution in [-0.2, 0) is 11.8 Å². The standard InChI is InChI=1S/C14H19N3O3S/c1-4-20-14(19)10-8-15-13-11(9(2)16-17(13)3)12(10)21-7-5-6-18/h8,18H,4-7H2,1-3H3. The Bertz CT molecular complexity index is 654. The Morgan fingerprint density at radius 3 is 2.95 bits per heavy atom. The molecule has 0 aliphatic heterocycles. The van der Waals surface area contributed by atoms with Crippen molar-refractivity contribution in [1.29, 1.82) is 0 Å². The van der Waals surface area contributed by atoms with Crippen molar-refractivity contribution in [3.05, 3.63) is 17.5 Å². The van der Waals surface area contributed by atoms with Crippen LogP contribution >= 0.6 is 11.8 Å². The summed E-state index contributed by atoms with van der Waals surface area (Å²) in [6, 6.07) is 0. The molecule has 0 amide bonds. The minimum absolute atomic E-state index is 0.127. The molecule has 0 aromatic carbocycles. The Morgan fingerprint density at radius 2 is 2.29 bits per heavy atom. The molecule has 114 valence electrons. The molecule has 2 aromatic heterocycles. The van der Waals surface area contributed by atoms with E-state index in [1.165, 1.54) is 11.8 Å². The average molecular weight is 309 g/mol. The number of thioether (sulfide) groups is 1. The summed E-state index contributed by atoms with van der Waals surface area (Å²) >= 11 is 1.53. The predicted molar refractivity (Wildman–Crippen MR) is 81.6 cm³/mol. The van der Waals surface area contributed by atoms with Crippen molar-refractivity contribution in [3.8, 4) is 0 Å². The Hall–Kier alpha value is -1.60. The lowest BCUT2D eigenvalue weighted by Crippen LogP contribution is -2.08. The van der Waals surface area contributed by atoms with E-state index in [9.17, 15) is 4.79 Å². The van der Waals surface area contributed by atoms with Gasteiger partial charge < -0.3 is 9.84 Å². The molecular formula is C14H19N3O3S. The number of hydrogen-bond donors (Lipinski definition) is 1. The van der Waals surface area contributed by atoms with Crippen molar-refractivity contribution in [2.45, 2.75) is 25.2 Å². The minimum Gasteiger partial charge on any atom is -0.462 e. The molecule has 2 aromatic rings. The van der Waals surface area contributed by atoms with Crippen molar-refractivity contribution < 1.29 is 14.6 Å². The maximum atomic E-state index is 12.1. The van der Waals surface area contributed by atoms with E-state index < -0.39 is 0 Å². The highest BCUT2D eigenvalue weighted by Gasteiger charge is 2.20. The van der Waals surface area contributed by atoms with Crippen LogP contribution in [0.15, 0.2) is 11.1 Å². The molecule has 0 spiro atoms. The number of aliphatic hydroxyl groups excluding tert-OH is 1. The van der Waals surface area contributed by atoms with Gasteiger partial charge in [0, 0.05) is 30.5 Å². The average Bonchev–Trinajstić information content (AvgIpc) is 2.75. The Labute approximate surface area is 127 Å². The number of hydrogen-bond acceptors (Lipinski definition) is 6. The van der Waals surface area contributed by atoms with E-state index in [1.54, 1.807) is 17.8 Å². The SMILES string of the molecule is CCOC(=O)c1cnc2c(c(C)nn2C)c1SCCCO. The first-order valence-corrected chi connectivity index (χ1v) is 7.81. The van der Waals surface area contributed by atoms with Crippen LogP contribution in [0.3, 0.4) is 0 Å². The molecule has 2 heterocycles. The van der Waals surface area contributed by atoms with Gasteiger partial charge in [-0.05, 0) is 20.3 Å². The van der Waals surface area contributed by atoms with Gasteiger partial charge in [0.15, 0.2) is 5.65 Å². The molecule has 0 aliphatic carbocycles. The molecule has 7 heteroatoms. The van der Waals surface area contributed by atoms with Gasteiger partial charge in [-0.1, -0.05) is 0 Å². The number of rotatable bonds is 6. The fraction of sp³-hybridized carbons (Fsp3) is 0.500. The van der Waals surface area contributed by atoms with E-state index in [4.69, 9.17) is 9.84 Å². The van der Waals surface area contributed by atoms with Crippen LogP contribution in [0, 0.1) is 6.92 Å². The largest absolute Gasteiger partial charge is 0.462 e. The fourth-order valence-electron chi connectivity index (χ4n) is 2.12. The summed E-state index contributed by atoms with van der Waals surface area (Å²) < 4.78 is 6.81. The lowest BCUT2D eigenvalue weighted by atomic mass is 10.2. The van der Waals surface area contributed by atoms with Gasteiger partial charge in [0.2, 0.25) is 0 Å². The van der Waals surface area contributed by atoms with Crippen LogP contribution in [0.4, 0.5) is 0 Å². The van der Waals surface area contributed by atoms with Crippen LogP contribution < -0.4 is 0 Å². The van der Waals surface area contributed by atoms with Crippen molar-refractivity contribution in [1.82, 2.24) is 14.8 Å². The van der Waals surface area contributed by atoms with Gasteiger partial charge in [0.25, 0.3) is 0 Å². The van der Waals surface area contributed by atoms with Crippen LogP contribution in [-0.4, -0.2) is 44.8 Å². The number of carbonyl (C=O) groups excluding carboxylic acids is 1. The first-order valence-electron chi connectivity index (χ1n) is 6.83. The van der Waals surface area contributed by atoms with Crippen molar-refractivity contribution >= 4 is 28.8 Å². The zero-order valence-corrected chi connectivity index (χ0v) is 13.2. The number of ether oxygens (including phenoxy) is 1. The van der Waals surface area contributed by atoms with Crippen LogP contribution in [0.1, 0.15) is 29.4 Å². The van der Waals surface area contributed by atoms with E-state index in [-0.39, 0.29) is 12.6 Å². The lowest BCUT2D eigenvalue weighted by molar-refractivity contribution is 0.0522. The lowest BCUT2D eigenvalue weighted by Gasteiger charge is -2.10. The number of fused-ring (bicyclic) bond motifs is 1. The van der Waals surface area contributed by atoms with Crippen LogP contribution in [0.2, 0.25) is 0 Å². The molecule has 21 heavy (non-hydrogen) atoms. The summed E-state index contributed by atoms with van der Waals surface area (Å²) in [5.41, 5.74) is 2.04. The second-order valence-electron chi connectivity index (χ2n) is 4.55. The molecule has 2 rings (SSSR count). The van der Waals surface area contributed by atoms with E-state index in [0.717, 1.165) is 27.4 Å². The zero-order chi connectivity index (χ0) is 15.4. The number of aromatic nitrogens is 3. The smallest absolute Gasteiger partial charge is 0.340 e. The third kappa shape index (κ3) is 3.19. The van der Waals surface area contributed by atoms with Crippen LogP contribution in [0.5, 0.6) is 0 Å². The molecule has 0 saturated carbocycles. The van der Waals surface area contributed by atoms with Crippen molar-refractivity contribution in [3.63, 3.8) is 0 Å². The molecule has 0 fully saturated rings. The van der Waals surface area contributed by atoms with Gasteiger partial charge in [-0.15, -0.1) is 11.8 Å². The molecule has 0 atom stereocenters. The second-order valence-corrected chi connectivity index (χ2v) is 5.66. The molecule has 0 saturated heterocycles. The highest BCUT2D eigenvalue weighted by atomic mass is 32.2.